The number of aliphatic hydroxyl groups excluding tert-OH is 1. The van der Waals surface area contributed by atoms with E-state index in [1.807, 2.05) is 18.3 Å². The van der Waals surface area contributed by atoms with Gasteiger partial charge >= 0.3 is 6.03 Å². The van der Waals surface area contributed by atoms with Gasteiger partial charge in [0.2, 0.25) is 0 Å². The molecule has 0 aliphatic heterocycles. The number of rotatable bonds is 4. The fourth-order valence-corrected chi connectivity index (χ4v) is 4.16. The van der Waals surface area contributed by atoms with Gasteiger partial charge in [-0.05, 0) is 48.8 Å². The van der Waals surface area contributed by atoms with Crippen molar-refractivity contribution in [1.29, 1.82) is 0 Å². The zero-order valence-corrected chi connectivity index (χ0v) is 14.2. The van der Waals surface area contributed by atoms with E-state index in [2.05, 4.69) is 27.6 Å². The molecule has 1 heterocycles. The first-order valence-corrected chi connectivity index (χ1v) is 9.03. The van der Waals surface area contributed by atoms with Crippen LogP contribution in [0.5, 0.6) is 0 Å². The fourth-order valence-electron chi connectivity index (χ4n) is 4.16. The number of fused-ring (bicyclic) bond motifs is 2. The molecule has 25 heavy (non-hydrogen) atoms. The number of benzene rings is 1. The Kier molecular flexibility index (Phi) is 4.44. The third kappa shape index (κ3) is 3.14. The summed E-state index contributed by atoms with van der Waals surface area (Å²) < 4.78 is 0. The summed E-state index contributed by atoms with van der Waals surface area (Å²) in [5.41, 5.74) is 4.90. The smallest absolute Gasteiger partial charge is 0.318 e. The van der Waals surface area contributed by atoms with Crippen LogP contribution in [0.15, 0.2) is 30.5 Å². The number of aliphatic hydroxyl groups is 1. The minimum Gasteiger partial charge on any atom is -0.395 e. The zero-order chi connectivity index (χ0) is 17.2. The molecule has 0 bridgehead atoms. The lowest BCUT2D eigenvalue weighted by molar-refractivity contribution is 0.148. The molecule has 2 unspecified atom stereocenters. The van der Waals surface area contributed by atoms with Gasteiger partial charge in [0.1, 0.15) is 0 Å². The Morgan fingerprint density at radius 3 is 3.04 bits per heavy atom. The number of aromatic amines is 1. The van der Waals surface area contributed by atoms with E-state index in [1.165, 1.54) is 22.4 Å². The Labute approximate surface area is 147 Å². The Morgan fingerprint density at radius 2 is 2.16 bits per heavy atom. The van der Waals surface area contributed by atoms with Gasteiger partial charge in [-0.25, -0.2) is 4.79 Å². The van der Waals surface area contributed by atoms with Gasteiger partial charge in [-0.2, -0.15) is 5.10 Å². The number of carbonyl (C=O) groups excluding carboxylic acids is 1. The van der Waals surface area contributed by atoms with E-state index in [0.717, 1.165) is 32.1 Å². The third-order valence-electron chi connectivity index (χ3n) is 5.42. The van der Waals surface area contributed by atoms with Gasteiger partial charge in [-0.15, -0.1) is 0 Å². The van der Waals surface area contributed by atoms with Crippen LogP contribution in [0.2, 0.25) is 0 Å². The summed E-state index contributed by atoms with van der Waals surface area (Å²) in [7, 11) is 0. The summed E-state index contributed by atoms with van der Waals surface area (Å²) in [6.07, 6.45) is 6.39. The first-order valence-electron chi connectivity index (χ1n) is 9.03. The second-order valence-electron chi connectivity index (χ2n) is 6.93. The second-order valence-corrected chi connectivity index (χ2v) is 6.93. The summed E-state index contributed by atoms with van der Waals surface area (Å²) in [5.74, 6) is 0. The molecule has 132 valence electrons. The Hall–Kier alpha value is -2.34. The van der Waals surface area contributed by atoms with Crippen LogP contribution >= 0.6 is 0 Å². The van der Waals surface area contributed by atoms with E-state index in [-0.39, 0.29) is 24.7 Å². The van der Waals surface area contributed by atoms with Crippen molar-refractivity contribution in [3.63, 3.8) is 0 Å². The highest BCUT2D eigenvalue weighted by Crippen LogP contribution is 2.35. The van der Waals surface area contributed by atoms with Crippen LogP contribution < -0.4 is 5.32 Å². The maximum absolute atomic E-state index is 12.9. The number of aryl methyl sites for hydroxylation is 2. The molecule has 0 spiro atoms. The highest BCUT2D eigenvalue weighted by molar-refractivity contribution is 5.75. The minimum atomic E-state index is -0.0762. The number of amides is 2. The molecule has 0 radical (unpaired) electrons. The molecule has 6 nitrogen and oxygen atoms in total. The number of urea groups is 1. The molecule has 4 rings (SSSR count). The molecule has 0 fully saturated rings. The van der Waals surface area contributed by atoms with Crippen LogP contribution in [-0.2, 0) is 19.3 Å². The van der Waals surface area contributed by atoms with Gasteiger partial charge in [0.25, 0.3) is 0 Å². The Morgan fingerprint density at radius 1 is 1.28 bits per heavy atom. The summed E-state index contributed by atoms with van der Waals surface area (Å²) in [5, 5.41) is 19.8. The van der Waals surface area contributed by atoms with Gasteiger partial charge in [-0.3, -0.25) is 5.10 Å². The highest BCUT2D eigenvalue weighted by Gasteiger charge is 2.32. The normalized spacial score (nSPS) is 21.5. The van der Waals surface area contributed by atoms with Crippen molar-refractivity contribution in [3.05, 3.63) is 52.8 Å². The molecule has 1 aromatic heterocycles. The van der Waals surface area contributed by atoms with Crippen molar-refractivity contribution >= 4 is 6.03 Å². The minimum absolute atomic E-state index is 0.0252. The van der Waals surface area contributed by atoms with Crippen molar-refractivity contribution in [2.45, 2.75) is 44.2 Å². The van der Waals surface area contributed by atoms with Crippen molar-refractivity contribution in [3.8, 4) is 0 Å². The molecule has 0 saturated carbocycles. The van der Waals surface area contributed by atoms with Gasteiger partial charge in [0.15, 0.2) is 0 Å². The van der Waals surface area contributed by atoms with Gasteiger partial charge in [0, 0.05) is 18.3 Å². The van der Waals surface area contributed by atoms with E-state index in [0.29, 0.717) is 6.54 Å². The Bertz CT molecular complexity index is 757. The molecule has 0 saturated heterocycles. The molecular weight excluding hydrogens is 316 g/mol. The van der Waals surface area contributed by atoms with Gasteiger partial charge < -0.3 is 15.3 Å². The number of H-pyrrole nitrogens is 1. The zero-order valence-electron chi connectivity index (χ0n) is 14.2. The summed E-state index contributed by atoms with van der Waals surface area (Å²) in [4.78, 5) is 14.7. The second kappa shape index (κ2) is 6.88. The molecule has 1 aromatic carbocycles. The number of aromatic nitrogens is 2. The molecular formula is C19H24N4O2. The largest absolute Gasteiger partial charge is 0.395 e. The first-order chi connectivity index (χ1) is 12.3. The number of carbonyl (C=O) groups is 1. The molecule has 2 amide bonds. The first kappa shape index (κ1) is 16.1. The van der Waals surface area contributed by atoms with Crippen molar-refractivity contribution in [1.82, 2.24) is 20.4 Å². The number of nitrogens with zero attached hydrogens (tertiary/aromatic N) is 2. The predicted molar refractivity (Wildman–Crippen MR) is 94.2 cm³/mol. The SMILES string of the molecule is O=C(NC1CCc2[nH]ncc2C1)N(CCO)C1CCc2ccccc21. The van der Waals surface area contributed by atoms with Crippen LogP contribution in [0.1, 0.15) is 41.3 Å². The molecule has 2 aliphatic carbocycles. The van der Waals surface area contributed by atoms with E-state index in [9.17, 15) is 9.90 Å². The predicted octanol–water partition coefficient (Wildman–Crippen LogP) is 1.96. The van der Waals surface area contributed by atoms with E-state index < -0.39 is 0 Å². The number of hydrogen-bond acceptors (Lipinski definition) is 3. The lowest BCUT2D eigenvalue weighted by Gasteiger charge is -2.32. The molecule has 3 N–H and O–H groups in total. The summed E-state index contributed by atoms with van der Waals surface area (Å²) >= 11 is 0. The van der Waals surface area contributed by atoms with Crippen molar-refractivity contribution < 1.29 is 9.90 Å². The monoisotopic (exact) mass is 340 g/mol. The third-order valence-corrected chi connectivity index (χ3v) is 5.42. The quantitative estimate of drug-likeness (QED) is 0.796. The molecule has 6 heteroatoms. The van der Waals surface area contributed by atoms with Crippen LogP contribution in [-0.4, -0.2) is 45.4 Å². The number of hydrogen-bond donors (Lipinski definition) is 3. The lowest BCUT2D eigenvalue weighted by Crippen LogP contribution is -2.48. The maximum Gasteiger partial charge on any atom is 0.318 e. The maximum atomic E-state index is 12.9. The van der Waals surface area contributed by atoms with Crippen molar-refractivity contribution in [2.75, 3.05) is 13.2 Å². The molecule has 2 aromatic rings. The van der Waals surface area contributed by atoms with Crippen LogP contribution in [0.4, 0.5) is 4.79 Å². The summed E-state index contributed by atoms with van der Waals surface area (Å²) in [6.45, 7) is 0.331. The van der Waals surface area contributed by atoms with Crippen molar-refractivity contribution in [2.24, 2.45) is 0 Å². The van der Waals surface area contributed by atoms with Crippen LogP contribution in [0, 0.1) is 0 Å². The average Bonchev–Trinajstić information content (AvgIpc) is 3.26. The van der Waals surface area contributed by atoms with Crippen LogP contribution in [0.25, 0.3) is 0 Å². The lowest BCUT2D eigenvalue weighted by atomic mass is 9.94. The van der Waals surface area contributed by atoms with E-state index in [4.69, 9.17) is 0 Å². The summed E-state index contributed by atoms with van der Waals surface area (Å²) in [6, 6.07) is 8.39. The van der Waals surface area contributed by atoms with E-state index in [1.54, 1.807) is 4.90 Å². The van der Waals surface area contributed by atoms with Crippen LogP contribution in [0.3, 0.4) is 0 Å². The number of nitrogens with one attached hydrogen (secondary N) is 2. The average molecular weight is 340 g/mol. The molecule has 2 aliphatic rings. The highest BCUT2D eigenvalue weighted by atomic mass is 16.3. The van der Waals surface area contributed by atoms with E-state index >= 15 is 0 Å². The van der Waals surface area contributed by atoms with Gasteiger partial charge in [-0.1, -0.05) is 24.3 Å². The fraction of sp³-hybridized carbons (Fsp3) is 0.474. The Balaban J connectivity index is 1.47. The standard InChI is InChI=1S/C19H24N4O2/c24-10-9-23(18-8-5-13-3-1-2-4-16(13)18)19(25)21-15-6-7-17-14(11-15)12-20-22-17/h1-4,12,15,18,24H,5-11H2,(H,20,22)(H,21,25). The molecule has 2 atom stereocenters. The van der Waals surface area contributed by atoms with Gasteiger partial charge in [0.05, 0.1) is 18.8 Å². The topological polar surface area (TPSA) is 81.2 Å².